The molecule has 1 aromatic carbocycles. The van der Waals surface area contributed by atoms with E-state index in [0.29, 0.717) is 5.69 Å². The number of carboxylic acid groups (broad SMARTS) is 1. The van der Waals surface area contributed by atoms with Gasteiger partial charge in [0, 0.05) is 12.4 Å². The summed E-state index contributed by atoms with van der Waals surface area (Å²) in [6.45, 7) is 1.69. The molecule has 0 spiro atoms. The van der Waals surface area contributed by atoms with Gasteiger partial charge >= 0.3 is 5.97 Å². The van der Waals surface area contributed by atoms with Crippen LogP contribution in [0.5, 0.6) is 0 Å². The normalized spacial score (nSPS) is 10.6. The molecule has 1 N–H and O–H groups in total. The van der Waals surface area contributed by atoms with Crippen molar-refractivity contribution in [1.29, 1.82) is 0 Å². The van der Waals surface area contributed by atoms with E-state index in [1.54, 1.807) is 19.3 Å². The van der Waals surface area contributed by atoms with Gasteiger partial charge in [-0.15, -0.1) is 5.10 Å². The molecule has 0 saturated heterocycles. The molecule has 0 amide bonds. The van der Waals surface area contributed by atoms with Gasteiger partial charge in [0.2, 0.25) is 0 Å². The fourth-order valence-electron chi connectivity index (χ4n) is 2.26. The number of pyridine rings is 1. The molecule has 0 saturated carbocycles. The van der Waals surface area contributed by atoms with Crippen molar-refractivity contribution in [3.8, 4) is 5.69 Å². The van der Waals surface area contributed by atoms with Crippen molar-refractivity contribution in [2.45, 2.75) is 13.3 Å². The van der Waals surface area contributed by atoms with Crippen LogP contribution >= 0.6 is 0 Å². The molecule has 0 aliphatic rings. The standard InChI is InChI=1S/C16H14N4O2/c1-11-15(16(21)22)18-19-20(11)14-4-2-12(3-5-14)10-13-6-8-17-9-7-13/h2-9H,10H2,1H3,(H,21,22). The summed E-state index contributed by atoms with van der Waals surface area (Å²) in [5, 5.41) is 16.6. The molecule has 0 radical (unpaired) electrons. The SMILES string of the molecule is Cc1c(C(=O)O)nnn1-c1ccc(Cc2ccncc2)cc1. The highest BCUT2D eigenvalue weighted by Crippen LogP contribution is 2.15. The summed E-state index contributed by atoms with van der Waals surface area (Å²) in [6.07, 6.45) is 4.37. The number of rotatable bonds is 4. The van der Waals surface area contributed by atoms with Gasteiger partial charge in [-0.25, -0.2) is 9.48 Å². The Kier molecular flexibility index (Phi) is 3.65. The molecule has 0 unspecified atom stereocenters. The van der Waals surface area contributed by atoms with Crippen molar-refractivity contribution < 1.29 is 9.90 Å². The molecule has 6 heteroatoms. The van der Waals surface area contributed by atoms with Gasteiger partial charge in [-0.3, -0.25) is 4.98 Å². The fourth-order valence-corrected chi connectivity index (χ4v) is 2.26. The molecule has 0 atom stereocenters. The summed E-state index contributed by atoms with van der Waals surface area (Å²) >= 11 is 0. The van der Waals surface area contributed by atoms with Crippen LogP contribution in [0.2, 0.25) is 0 Å². The van der Waals surface area contributed by atoms with Crippen molar-refractivity contribution in [1.82, 2.24) is 20.0 Å². The second kappa shape index (κ2) is 5.77. The summed E-state index contributed by atoms with van der Waals surface area (Å²) in [6, 6.07) is 11.8. The van der Waals surface area contributed by atoms with E-state index in [0.717, 1.165) is 17.7 Å². The highest BCUT2D eigenvalue weighted by molar-refractivity contribution is 5.86. The van der Waals surface area contributed by atoms with Gasteiger partial charge in [-0.2, -0.15) is 0 Å². The maximum absolute atomic E-state index is 11.0. The second-order valence-corrected chi connectivity index (χ2v) is 4.94. The van der Waals surface area contributed by atoms with Gasteiger partial charge in [0.15, 0.2) is 5.69 Å². The minimum Gasteiger partial charge on any atom is -0.476 e. The molecule has 0 aliphatic heterocycles. The summed E-state index contributed by atoms with van der Waals surface area (Å²) in [5.74, 6) is -1.07. The molecule has 110 valence electrons. The zero-order chi connectivity index (χ0) is 15.5. The van der Waals surface area contributed by atoms with Crippen LogP contribution in [-0.2, 0) is 6.42 Å². The number of benzene rings is 1. The van der Waals surface area contributed by atoms with Crippen LogP contribution in [-0.4, -0.2) is 31.1 Å². The Morgan fingerprint density at radius 1 is 1.09 bits per heavy atom. The van der Waals surface area contributed by atoms with Gasteiger partial charge in [-0.1, -0.05) is 17.3 Å². The lowest BCUT2D eigenvalue weighted by Crippen LogP contribution is -2.02. The summed E-state index contributed by atoms with van der Waals surface area (Å²) in [7, 11) is 0. The number of carboxylic acids is 1. The number of nitrogens with zero attached hydrogens (tertiary/aromatic N) is 4. The third-order valence-electron chi connectivity index (χ3n) is 3.44. The Morgan fingerprint density at radius 3 is 2.32 bits per heavy atom. The number of hydrogen-bond acceptors (Lipinski definition) is 4. The van der Waals surface area contributed by atoms with Crippen LogP contribution in [0.4, 0.5) is 0 Å². The van der Waals surface area contributed by atoms with Crippen molar-refractivity contribution in [3.05, 3.63) is 71.3 Å². The first-order valence-corrected chi connectivity index (χ1v) is 6.79. The van der Waals surface area contributed by atoms with E-state index in [1.165, 1.54) is 10.2 Å². The van der Waals surface area contributed by atoms with Crippen LogP contribution in [0, 0.1) is 6.92 Å². The first-order chi connectivity index (χ1) is 10.6. The summed E-state index contributed by atoms with van der Waals surface area (Å²) < 4.78 is 1.53. The molecular weight excluding hydrogens is 280 g/mol. The van der Waals surface area contributed by atoms with Gasteiger partial charge in [0.1, 0.15) is 0 Å². The first-order valence-electron chi connectivity index (χ1n) is 6.79. The predicted octanol–water partition coefficient (Wildman–Crippen LogP) is 2.26. The lowest BCUT2D eigenvalue weighted by Gasteiger charge is -2.05. The Labute approximate surface area is 127 Å². The Balaban J connectivity index is 1.84. The van der Waals surface area contributed by atoms with Crippen molar-refractivity contribution >= 4 is 5.97 Å². The fraction of sp³-hybridized carbons (Fsp3) is 0.125. The summed E-state index contributed by atoms with van der Waals surface area (Å²) in [4.78, 5) is 15.0. The number of carbonyl (C=O) groups is 1. The average molecular weight is 294 g/mol. The lowest BCUT2D eigenvalue weighted by molar-refractivity contribution is 0.0689. The number of hydrogen-bond donors (Lipinski definition) is 1. The second-order valence-electron chi connectivity index (χ2n) is 4.94. The molecule has 0 fully saturated rings. The van der Waals surface area contributed by atoms with Crippen LogP contribution in [0.3, 0.4) is 0 Å². The van der Waals surface area contributed by atoms with E-state index in [4.69, 9.17) is 5.11 Å². The van der Waals surface area contributed by atoms with Crippen molar-refractivity contribution in [2.75, 3.05) is 0 Å². The van der Waals surface area contributed by atoms with Crippen molar-refractivity contribution in [2.24, 2.45) is 0 Å². The maximum Gasteiger partial charge on any atom is 0.358 e. The van der Waals surface area contributed by atoms with Crippen molar-refractivity contribution in [3.63, 3.8) is 0 Å². The van der Waals surface area contributed by atoms with E-state index in [9.17, 15) is 4.79 Å². The Hall–Kier alpha value is -3.02. The van der Waals surface area contributed by atoms with Gasteiger partial charge in [-0.05, 0) is 48.7 Å². The molecule has 0 aliphatic carbocycles. The molecule has 0 bridgehead atoms. The largest absolute Gasteiger partial charge is 0.476 e. The molecule has 22 heavy (non-hydrogen) atoms. The average Bonchev–Trinajstić information content (AvgIpc) is 2.91. The van der Waals surface area contributed by atoms with Gasteiger partial charge in [0.25, 0.3) is 0 Å². The molecule has 2 aromatic heterocycles. The smallest absolute Gasteiger partial charge is 0.358 e. The van der Waals surface area contributed by atoms with Crippen LogP contribution < -0.4 is 0 Å². The van der Waals surface area contributed by atoms with Crippen LogP contribution in [0.25, 0.3) is 5.69 Å². The molecule has 2 heterocycles. The minimum atomic E-state index is -1.07. The third kappa shape index (κ3) is 2.71. The van der Waals surface area contributed by atoms with Crippen LogP contribution in [0.15, 0.2) is 48.8 Å². The highest BCUT2D eigenvalue weighted by atomic mass is 16.4. The van der Waals surface area contributed by atoms with E-state index >= 15 is 0 Å². The third-order valence-corrected chi connectivity index (χ3v) is 3.44. The Morgan fingerprint density at radius 2 is 1.73 bits per heavy atom. The molecule has 6 nitrogen and oxygen atoms in total. The molecule has 3 rings (SSSR count). The quantitative estimate of drug-likeness (QED) is 0.798. The highest BCUT2D eigenvalue weighted by Gasteiger charge is 2.15. The Bertz CT molecular complexity index is 795. The minimum absolute atomic E-state index is 0.0270. The summed E-state index contributed by atoms with van der Waals surface area (Å²) in [5.41, 5.74) is 3.62. The molecule has 3 aromatic rings. The van der Waals surface area contributed by atoms with E-state index < -0.39 is 5.97 Å². The van der Waals surface area contributed by atoms with Gasteiger partial charge in [0.05, 0.1) is 11.4 Å². The van der Waals surface area contributed by atoms with Gasteiger partial charge < -0.3 is 5.11 Å². The maximum atomic E-state index is 11.0. The van der Waals surface area contributed by atoms with Crippen LogP contribution in [0.1, 0.15) is 27.3 Å². The monoisotopic (exact) mass is 294 g/mol. The lowest BCUT2D eigenvalue weighted by atomic mass is 10.1. The predicted molar refractivity (Wildman–Crippen MR) is 80.1 cm³/mol. The zero-order valence-corrected chi connectivity index (χ0v) is 12.0. The molecular formula is C16H14N4O2. The number of aromatic carboxylic acids is 1. The first kappa shape index (κ1) is 13.9. The van der Waals surface area contributed by atoms with E-state index in [2.05, 4.69) is 15.3 Å². The zero-order valence-electron chi connectivity index (χ0n) is 12.0. The topological polar surface area (TPSA) is 80.9 Å². The number of aromatic nitrogens is 4. The van der Waals surface area contributed by atoms with E-state index in [-0.39, 0.29) is 5.69 Å². The van der Waals surface area contributed by atoms with E-state index in [1.807, 2.05) is 36.4 Å².